The Hall–Kier alpha value is -2.63. The average Bonchev–Trinajstić information content (AvgIpc) is 2.38. The predicted octanol–water partition coefficient (Wildman–Crippen LogP) is 0.939. The van der Waals surface area contributed by atoms with Gasteiger partial charge in [-0.3, -0.25) is 4.57 Å². The van der Waals surface area contributed by atoms with Crippen molar-refractivity contribution in [2.75, 3.05) is 7.11 Å². The van der Waals surface area contributed by atoms with E-state index in [4.69, 9.17) is 9.84 Å². The fourth-order valence-corrected chi connectivity index (χ4v) is 1.55. The van der Waals surface area contributed by atoms with Gasteiger partial charge in [0.15, 0.2) is 0 Å². The van der Waals surface area contributed by atoms with Crippen molar-refractivity contribution in [3.05, 3.63) is 52.6 Å². The van der Waals surface area contributed by atoms with Gasteiger partial charge in [-0.1, -0.05) is 18.2 Å². The fourth-order valence-electron chi connectivity index (χ4n) is 1.55. The van der Waals surface area contributed by atoms with E-state index in [1.54, 1.807) is 30.3 Å². The van der Waals surface area contributed by atoms with E-state index in [0.717, 1.165) is 4.57 Å². The van der Waals surface area contributed by atoms with Crippen LogP contribution >= 0.6 is 0 Å². The molecular weight excluding hydrogens is 236 g/mol. The highest BCUT2D eigenvalue weighted by molar-refractivity contribution is 5.86. The Balaban J connectivity index is 2.74. The number of para-hydroxylation sites is 1. The second-order valence-electron chi connectivity index (χ2n) is 3.44. The number of nitrogens with zero attached hydrogens (tertiary/aromatic N) is 2. The van der Waals surface area contributed by atoms with Crippen molar-refractivity contribution in [1.82, 2.24) is 9.55 Å². The second kappa shape index (κ2) is 4.70. The summed E-state index contributed by atoms with van der Waals surface area (Å²) in [6, 6.07) is 9.64. The highest BCUT2D eigenvalue weighted by atomic mass is 16.5. The molecule has 1 heterocycles. The van der Waals surface area contributed by atoms with Gasteiger partial charge in [0.05, 0.1) is 12.8 Å². The van der Waals surface area contributed by atoms with Crippen LogP contribution in [0, 0.1) is 0 Å². The van der Waals surface area contributed by atoms with Gasteiger partial charge in [-0.15, -0.1) is 0 Å². The molecule has 6 heteroatoms. The zero-order valence-electron chi connectivity index (χ0n) is 9.53. The number of ether oxygens (including phenoxy) is 1. The zero-order chi connectivity index (χ0) is 13.1. The molecule has 1 aromatic heterocycles. The van der Waals surface area contributed by atoms with Gasteiger partial charge in [-0.05, 0) is 12.1 Å². The van der Waals surface area contributed by atoms with Gasteiger partial charge < -0.3 is 9.84 Å². The van der Waals surface area contributed by atoms with E-state index in [2.05, 4.69) is 4.98 Å². The van der Waals surface area contributed by atoms with Crippen LogP contribution in [0.4, 0.5) is 0 Å². The Bertz CT molecular complexity index is 634. The minimum Gasteiger partial charge on any atom is -0.481 e. The van der Waals surface area contributed by atoms with E-state index < -0.39 is 11.7 Å². The van der Waals surface area contributed by atoms with Crippen molar-refractivity contribution in [1.29, 1.82) is 0 Å². The maximum atomic E-state index is 11.8. The quantitative estimate of drug-likeness (QED) is 0.871. The summed E-state index contributed by atoms with van der Waals surface area (Å²) in [5.74, 6) is -1.25. The Kier molecular flexibility index (Phi) is 3.09. The number of aromatic carboxylic acids is 1. The number of carboxylic acids is 1. The molecule has 6 nitrogen and oxygen atoms in total. The maximum absolute atomic E-state index is 11.8. The summed E-state index contributed by atoms with van der Waals surface area (Å²) in [5, 5.41) is 9.13. The first-order valence-electron chi connectivity index (χ1n) is 5.10. The topological polar surface area (TPSA) is 81.4 Å². The summed E-state index contributed by atoms with van der Waals surface area (Å²) in [6.07, 6.45) is 0. The number of rotatable bonds is 3. The summed E-state index contributed by atoms with van der Waals surface area (Å²) in [5.41, 5.74) is -0.453. The Morgan fingerprint density at radius 2 is 2.00 bits per heavy atom. The van der Waals surface area contributed by atoms with Gasteiger partial charge in [-0.25, -0.2) is 9.59 Å². The number of methoxy groups -OCH3 is 1. The fraction of sp³-hybridized carbons (Fsp3) is 0.0833. The van der Waals surface area contributed by atoms with Crippen molar-refractivity contribution >= 4 is 5.97 Å². The molecule has 1 aromatic carbocycles. The van der Waals surface area contributed by atoms with Crippen molar-refractivity contribution in [2.45, 2.75) is 0 Å². The monoisotopic (exact) mass is 246 g/mol. The first-order valence-corrected chi connectivity index (χ1v) is 5.10. The number of hydrogen-bond acceptors (Lipinski definition) is 4. The Morgan fingerprint density at radius 1 is 1.33 bits per heavy atom. The van der Waals surface area contributed by atoms with E-state index in [0.29, 0.717) is 5.69 Å². The van der Waals surface area contributed by atoms with Crippen LogP contribution in [0.2, 0.25) is 0 Å². The average molecular weight is 246 g/mol. The van der Waals surface area contributed by atoms with Crippen molar-refractivity contribution in [3.63, 3.8) is 0 Å². The summed E-state index contributed by atoms with van der Waals surface area (Å²) >= 11 is 0. The van der Waals surface area contributed by atoms with Crippen LogP contribution in [0.3, 0.4) is 0 Å². The number of carboxylic acid groups (broad SMARTS) is 1. The first kappa shape index (κ1) is 11.8. The van der Waals surface area contributed by atoms with Gasteiger partial charge in [-0.2, -0.15) is 4.98 Å². The van der Waals surface area contributed by atoms with Gasteiger partial charge >= 0.3 is 11.7 Å². The Labute approximate surface area is 102 Å². The molecule has 2 aromatic rings. The maximum Gasteiger partial charge on any atom is 0.356 e. The van der Waals surface area contributed by atoms with Crippen LogP contribution in [0.5, 0.6) is 5.88 Å². The van der Waals surface area contributed by atoms with Crippen LogP contribution in [0.15, 0.2) is 41.2 Å². The molecule has 0 aliphatic heterocycles. The van der Waals surface area contributed by atoms with Gasteiger partial charge in [0.1, 0.15) is 5.69 Å². The van der Waals surface area contributed by atoms with Crippen molar-refractivity contribution in [2.24, 2.45) is 0 Å². The summed E-state index contributed by atoms with van der Waals surface area (Å²) in [6.45, 7) is 0. The molecule has 0 spiro atoms. The molecule has 0 unspecified atom stereocenters. The smallest absolute Gasteiger partial charge is 0.356 e. The van der Waals surface area contributed by atoms with Crippen molar-refractivity contribution < 1.29 is 14.6 Å². The molecule has 0 aliphatic rings. The lowest BCUT2D eigenvalue weighted by Gasteiger charge is -2.09. The molecule has 0 fully saturated rings. The lowest BCUT2D eigenvalue weighted by molar-refractivity contribution is 0.0685. The zero-order valence-corrected chi connectivity index (χ0v) is 9.53. The number of aromatic nitrogens is 2. The lowest BCUT2D eigenvalue weighted by Crippen LogP contribution is -2.27. The molecule has 0 bridgehead atoms. The number of benzene rings is 1. The largest absolute Gasteiger partial charge is 0.481 e. The van der Waals surface area contributed by atoms with Crippen molar-refractivity contribution in [3.8, 4) is 11.6 Å². The molecule has 0 saturated heterocycles. The Morgan fingerprint density at radius 3 is 2.56 bits per heavy atom. The van der Waals surface area contributed by atoms with E-state index in [1.165, 1.54) is 13.2 Å². The van der Waals surface area contributed by atoms with Crippen LogP contribution in [0.1, 0.15) is 10.5 Å². The molecule has 92 valence electrons. The molecule has 18 heavy (non-hydrogen) atoms. The number of hydrogen-bond donors (Lipinski definition) is 1. The van der Waals surface area contributed by atoms with Crippen LogP contribution in [-0.2, 0) is 0 Å². The lowest BCUT2D eigenvalue weighted by atomic mass is 10.3. The van der Waals surface area contributed by atoms with E-state index in [1.807, 2.05) is 0 Å². The molecular formula is C12H10N2O4. The summed E-state index contributed by atoms with van der Waals surface area (Å²) in [4.78, 5) is 26.6. The molecule has 0 atom stereocenters. The van der Waals surface area contributed by atoms with Crippen LogP contribution < -0.4 is 10.4 Å². The van der Waals surface area contributed by atoms with Crippen LogP contribution in [0.25, 0.3) is 5.69 Å². The third-order valence-electron chi connectivity index (χ3n) is 2.34. The third kappa shape index (κ3) is 2.08. The third-order valence-corrected chi connectivity index (χ3v) is 2.34. The molecule has 0 saturated carbocycles. The van der Waals surface area contributed by atoms with Gasteiger partial charge in [0, 0.05) is 6.07 Å². The summed E-state index contributed by atoms with van der Waals surface area (Å²) in [7, 11) is 1.32. The molecule has 1 N–H and O–H groups in total. The second-order valence-corrected chi connectivity index (χ2v) is 3.44. The molecule has 2 rings (SSSR count). The van der Waals surface area contributed by atoms with Gasteiger partial charge in [0.25, 0.3) is 0 Å². The van der Waals surface area contributed by atoms with E-state index in [-0.39, 0.29) is 11.6 Å². The van der Waals surface area contributed by atoms with Gasteiger partial charge in [0.2, 0.25) is 5.88 Å². The predicted molar refractivity (Wildman–Crippen MR) is 63.3 cm³/mol. The normalized spacial score (nSPS) is 10.1. The minimum absolute atomic E-state index is 0.0235. The molecule has 0 aliphatic carbocycles. The summed E-state index contributed by atoms with van der Waals surface area (Å²) < 4.78 is 5.81. The minimum atomic E-state index is -1.23. The number of carbonyl (C=O) groups is 1. The highest BCUT2D eigenvalue weighted by Gasteiger charge is 2.15. The SMILES string of the molecule is COc1cc(C(=O)O)n(-c2ccccc2)c(=O)n1. The van der Waals surface area contributed by atoms with E-state index in [9.17, 15) is 9.59 Å². The molecule has 0 amide bonds. The molecule has 0 radical (unpaired) electrons. The first-order chi connectivity index (χ1) is 8.63. The standard InChI is InChI=1S/C12H10N2O4/c1-18-10-7-9(11(15)16)14(12(17)13-10)8-5-3-2-4-6-8/h2-7H,1H3,(H,15,16). The van der Waals surface area contributed by atoms with Crippen LogP contribution in [-0.4, -0.2) is 27.7 Å². The highest BCUT2D eigenvalue weighted by Crippen LogP contribution is 2.12. The van der Waals surface area contributed by atoms with E-state index >= 15 is 0 Å².